The summed E-state index contributed by atoms with van der Waals surface area (Å²) in [4.78, 5) is 48.7. The molecule has 1 fully saturated rings. The molecule has 47 heavy (non-hydrogen) atoms. The first kappa shape index (κ1) is 35.2. The van der Waals surface area contributed by atoms with Crippen LogP contribution in [0.1, 0.15) is 68.8 Å². The summed E-state index contributed by atoms with van der Waals surface area (Å²) >= 11 is 0. The van der Waals surface area contributed by atoms with Crippen LogP contribution in [0.25, 0.3) is 0 Å². The van der Waals surface area contributed by atoms with Crippen LogP contribution in [-0.2, 0) is 33.8 Å². The summed E-state index contributed by atoms with van der Waals surface area (Å²) in [6.07, 6.45) is 7.46. The number of hydrogen-bond donors (Lipinski definition) is 2. The Hall–Kier alpha value is -4.67. The van der Waals surface area contributed by atoms with Gasteiger partial charge in [0, 0.05) is 38.2 Å². The predicted molar refractivity (Wildman–Crippen MR) is 178 cm³/mol. The minimum atomic E-state index is -0.837. The zero-order chi connectivity index (χ0) is 33.6. The van der Waals surface area contributed by atoms with Crippen LogP contribution in [-0.4, -0.2) is 64.3 Å². The lowest BCUT2D eigenvalue weighted by molar-refractivity contribution is -0.123. The van der Waals surface area contributed by atoms with Gasteiger partial charge in [-0.15, -0.1) is 0 Å². The second kappa shape index (κ2) is 17.3. The number of alkyl carbamates (subject to hydrolysis) is 1. The molecule has 11 heteroatoms. The molecule has 1 aliphatic rings. The van der Waals surface area contributed by atoms with Crippen molar-refractivity contribution in [2.24, 2.45) is 5.92 Å². The summed E-state index contributed by atoms with van der Waals surface area (Å²) in [5.74, 6) is 0.718. The second-order valence-electron chi connectivity index (χ2n) is 12.9. The number of nitrogens with zero attached hydrogens (tertiary/aromatic N) is 3. The molecule has 3 amide bonds. The number of carbonyl (C=O) groups excluding carboxylic acids is 3. The number of likely N-dealkylation sites (tertiary alicyclic amines) is 1. The number of amides is 3. The molecular formula is C36H47N5O6. The Balaban J connectivity index is 1.29. The summed E-state index contributed by atoms with van der Waals surface area (Å²) in [5, 5.41) is 5.69. The zero-order valence-electron chi connectivity index (χ0n) is 27.9. The number of hydrogen-bond acceptors (Lipinski definition) is 8. The molecule has 0 radical (unpaired) electrons. The van der Waals surface area contributed by atoms with E-state index >= 15 is 0 Å². The predicted octanol–water partition coefficient (Wildman–Crippen LogP) is 5.75. The van der Waals surface area contributed by atoms with Crippen molar-refractivity contribution < 1.29 is 28.6 Å². The lowest BCUT2D eigenvalue weighted by atomic mass is 9.95. The Kier molecular flexibility index (Phi) is 13.0. The number of nitrogens with one attached hydrogen (secondary N) is 2. The van der Waals surface area contributed by atoms with E-state index in [-0.39, 0.29) is 25.2 Å². The number of rotatable bonds is 13. The molecule has 4 rings (SSSR count). The third-order valence-electron chi connectivity index (χ3n) is 7.87. The van der Waals surface area contributed by atoms with E-state index in [0.717, 1.165) is 41.6 Å². The van der Waals surface area contributed by atoms with Gasteiger partial charge in [-0.1, -0.05) is 36.4 Å². The number of ether oxygens (including phenoxy) is 3. The van der Waals surface area contributed by atoms with Gasteiger partial charge in [-0.2, -0.15) is 0 Å². The molecule has 3 aromatic rings. The van der Waals surface area contributed by atoms with Gasteiger partial charge < -0.3 is 29.7 Å². The molecule has 2 N–H and O–H groups in total. The van der Waals surface area contributed by atoms with Crippen molar-refractivity contribution in [2.45, 2.75) is 84.6 Å². The van der Waals surface area contributed by atoms with Crippen LogP contribution in [0.2, 0.25) is 0 Å². The van der Waals surface area contributed by atoms with Crippen LogP contribution < -0.4 is 15.4 Å². The lowest BCUT2D eigenvalue weighted by Crippen LogP contribution is -2.47. The van der Waals surface area contributed by atoms with Crippen molar-refractivity contribution in [2.75, 3.05) is 19.7 Å². The van der Waals surface area contributed by atoms with Gasteiger partial charge in [-0.25, -0.2) is 9.59 Å². The van der Waals surface area contributed by atoms with Crippen molar-refractivity contribution >= 4 is 18.1 Å². The van der Waals surface area contributed by atoms with Gasteiger partial charge in [0.15, 0.2) is 0 Å². The number of aromatic nitrogens is 2. The van der Waals surface area contributed by atoms with E-state index in [9.17, 15) is 14.4 Å². The summed E-state index contributed by atoms with van der Waals surface area (Å²) < 4.78 is 17.0. The Bertz CT molecular complexity index is 1450. The van der Waals surface area contributed by atoms with E-state index in [1.807, 2.05) is 76.2 Å². The molecule has 11 nitrogen and oxygen atoms in total. The van der Waals surface area contributed by atoms with Crippen LogP contribution >= 0.6 is 0 Å². The summed E-state index contributed by atoms with van der Waals surface area (Å²) in [5.41, 5.74) is 2.96. The van der Waals surface area contributed by atoms with Crippen LogP contribution in [0.4, 0.5) is 9.59 Å². The third-order valence-corrected chi connectivity index (χ3v) is 7.87. The van der Waals surface area contributed by atoms with Gasteiger partial charge in [0.05, 0.1) is 12.3 Å². The highest BCUT2D eigenvalue weighted by molar-refractivity contribution is 5.85. The fraction of sp³-hybridized carbons (Fsp3) is 0.472. The normalized spacial score (nSPS) is 15.3. The topological polar surface area (TPSA) is 132 Å². The minimum absolute atomic E-state index is 0.0971. The monoisotopic (exact) mass is 645 g/mol. The van der Waals surface area contributed by atoms with E-state index in [0.29, 0.717) is 44.2 Å². The molecule has 0 aliphatic carbocycles. The average molecular weight is 646 g/mol. The molecule has 0 saturated carbocycles. The molecule has 2 unspecified atom stereocenters. The fourth-order valence-corrected chi connectivity index (χ4v) is 5.30. The highest BCUT2D eigenvalue weighted by atomic mass is 16.6. The smallest absolute Gasteiger partial charge is 0.410 e. The lowest BCUT2D eigenvalue weighted by Gasteiger charge is -2.34. The molecular weight excluding hydrogens is 598 g/mol. The van der Waals surface area contributed by atoms with Crippen molar-refractivity contribution in [3.05, 3.63) is 89.5 Å². The van der Waals surface area contributed by atoms with Gasteiger partial charge in [-0.3, -0.25) is 14.8 Å². The Morgan fingerprint density at radius 1 is 1.09 bits per heavy atom. The molecule has 2 aromatic carbocycles. The standard InChI is InChI=1S/C36H47N5O6/c1-26-12-14-31(45-20-16-27-11-8-19-41(24-27)35(44)47-36(2,3)4)21-29(26)22-39-33(42)32(15-13-30-23-37-17-18-38-30)40-34(43)46-25-28-9-6-5-7-10-28/h5-7,9-10,12,14,17-18,21,23,27,32H,8,11,13,15-16,19-20,22,24-25H2,1-4H3,(H,39,42)(H,40,43). The first-order chi connectivity index (χ1) is 22.6. The summed E-state index contributed by atoms with van der Waals surface area (Å²) in [7, 11) is 0. The van der Waals surface area contributed by atoms with Crippen LogP contribution in [0, 0.1) is 12.8 Å². The summed E-state index contributed by atoms with van der Waals surface area (Å²) in [6, 6.07) is 14.3. The molecule has 0 bridgehead atoms. The maximum Gasteiger partial charge on any atom is 0.410 e. The number of carbonyl (C=O) groups is 3. The Labute approximate surface area is 277 Å². The molecule has 2 heterocycles. The van der Waals surface area contributed by atoms with Gasteiger partial charge in [-0.05, 0) is 94.5 Å². The molecule has 0 spiro atoms. The van der Waals surface area contributed by atoms with Crippen LogP contribution in [0.3, 0.4) is 0 Å². The molecule has 2 atom stereocenters. The van der Waals surface area contributed by atoms with Gasteiger partial charge in [0.1, 0.15) is 24.0 Å². The average Bonchev–Trinajstić information content (AvgIpc) is 3.06. The molecule has 1 aromatic heterocycles. The van der Waals surface area contributed by atoms with E-state index in [1.54, 1.807) is 23.5 Å². The van der Waals surface area contributed by atoms with Crippen molar-refractivity contribution in [1.29, 1.82) is 0 Å². The van der Waals surface area contributed by atoms with Gasteiger partial charge in [0.2, 0.25) is 5.91 Å². The molecule has 252 valence electrons. The fourth-order valence-electron chi connectivity index (χ4n) is 5.30. The van der Waals surface area contributed by atoms with Gasteiger partial charge in [0.25, 0.3) is 0 Å². The first-order valence-electron chi connectivity index (χ1n) is 16.3. The first-order valence-corrected chi connectivity index (χ1v) is 16.3. The van der Waals surface area contributed by atoms with Gasteiger partial charge >= 0.3 is 12.2 Å². The van der Waals surface area contributed by atoms with E-state index in [4.69, 9.17) is 14.2 Å². The zero-order valence-corrected chi connectivity index (χ0v) is 27.9. The van der Waals surface area contributed by atoms with Crippen molar-refractivity contribution in [1.82, 2.24) is 25.5 Å². The van der Waals surface area contributed by atoms with Crippen molar-refractivity contribution in [3.8, 4) is 5.75 Å². The van der Waals surface area contributed by atoms with Crippen molar-refractivity contribution in [3.63, 3.8) is 0 Å². The SMILES string of the molecule is Cc1ccc(OCCC2CCCN(C(=O)OC(C)(C)C)C2)cc1CNC(=O)C(CCc1cnccn1)NC(=O)OCc1ccccc1. The largest absolute Gasteiger partial charge is 0.494 e. The highest BCUT2D eigenvalue weighted by Gasteiger charge is 2.27. The van der Waals surface area contributed by atoms with E-state index in [2.05, 4.69) is 20.6 Å². The van der Waals surface area contributed by atoms with Crippen LogP contribution in [0.5, 0.6) is 5.75 Å². The quantitative estimate of drug-likeness (QED) is 0.240. The van der Waals surface area contributed by atoms with Crippen LogP contribution in [0.15, 0.2) is 67.1 Å². The maximum absolute atomic E-state index is 13.4. The number of benzene rings is 2. The van der Waals surface area contributed by atoms with E-state index < -0.39 is 17.7 Å². The Morgan fingerprint density at radius 2 is 1.89 bits per heavy atom. The molecule has 1 aliphatic heterocycles. The Morgan fingerprint density at radius 3 is 2.64 bits per heavy atom. The summed E-state index contributed by atoms with van der Waals surface area (Å²) in [6.45, 7) is 9.86. The minimum Gasteiger partial charge on any atom is -0.494 e. The second-order valence-corrected chi connectivity index (χ2v) is 12.9. The number of aryl methyl sites for hydroxylation is 2. The van der Waals surface area contributed by atoms with E-state index in [1.165, 1.54) is 0 Å². The molecule has 1 saturated heterocycles. The third kappa shape index (κ3) is 12.2. The highest BCUT2D eigenvalue weighted by Crippen LogP contribution is 2.23. The number of piperidine rings is 1. The maximum atomic E-state index is 13.4.